The minimum absolute atomic E-state index is 0.00483. The van der Waals surface area contributed by atoms with Crippen LogP contribution in [0.2, 0.25) is 0 Å². The van der Waals surface area contributed by atoms with Crippen molar-refractivity contribution in [3.8, 4) is 11.5 Å². The van der Waals surface area contributed by atoms with Crippen molar-refractivity contribution in [2.45, 2.75) is 13.5 Å². The molecule has 0 N–H and O–H groups in total. The predicted octanol–water partition coefficient (Wildman–Crippen LogP) is 3.28. The third-order valence-electron chi connectivity index (χ3n) is 3.51. The van der Waals surface area contributed by atoms with Crippen LogP contribution in [0.1, 0.15) is 21.5 Å². The standard InChI is InChI=1S/C18H21NO3/c1-13-5-8-15(9-6-13)18(20)19(2)12-14-7-10-16(21-3)17(11-14)22-4/h5-11H,12H2,1-4H3. The third kappa shape index (κ3) is 3.58. The van der Waals surface area contributed by atoms with Gasteiger partial charge in [0.25, 0.3) is 5.91 Å². The number of nitrogens with zero attached hydrogens (tertiary/aromatic N) is 1. The zero-order valence-corrected chi connectivity index (χ0v) is 13.4. The summed E-state index contributed by atoms with van der Waals surface area (Å²) < 4.78 is 10.5. The van der Waals surface area contributed by atoms with Gasteiger partial charge in [0.2, 0.25) is 0 Å². The molecule has 0 spiro atoms. The summed E-state index contributed by atoms with van der Waals surface area (Å²) in [7, 11) is 4.99. The Morgan fingerprint density at radius 2 is 1.64 bits per heavy atom. The lowest BCUT2D eigenvalue weighted by Gasteiger charge is -2.18. The van der Waals surface area contributed by atoms with Crippen molar-refractivity contribution in [1.29, 1.82) is 0 Å². The van der Waals surface area contributed by atoms with Crippen LogP contribution < -0.4 is 9.47 Å². The van der Waals surface area contributed by atoms with Gasteiger partial charge in [0.15, 0.2) is 11.5 Å². The van der Waals surface area contributed by atoms with Gasteiger partial charge in [-0.3, -0.25) is 4.79 Å². The van der Waals surface area contributed by atoms with E-state index in [9.17, 15) is 4.79 Å². The number of benzene rings is 2. The van der Waals surface area contributed by atoms with Crippen LogP contribution in [0, 0.1) is 6.92 Å². The topological polar surface area (TPSA) is 38.8 Å². The fourth-order valence-corrected chi connectivity index (χ4v) is 2.24. The molecule has 1 amide bonds. The van der Waals surface area contributed by atoms with E-state index >= 15 is 0 Å². The van der Waals surface area contributed by atoms with Gasteiger partial charge in [-0.15, -0.1) is 0 Å². The Bertz CT molecular complexity index is 650. The predicted molar refractivity (Wildman–Crippen MR) is 86.5 cm³/mol. The van der Waals surface area contributed by atoms with Crippen molar-refractivity contribution in [3.05, 3.63) is 59.2 Å². The highest BCUT2D eigenvalue weighted by Gasteiger charge is 2.13. The van der Waals surface area contributed by atoms with Crippen LogP contribution in [0.25, 0.3) is 0 Å². The molecule has 22 heavy (non-hydrogen) atoms. The van der Waals surface area contributed by atoms with Crippen molar-refractivity contribution in [2.24, 2.45) is 0 Å². The molecule has 0 atom stereocenters. The van der Waals surface area contributed by atoms with Gasteiger partial charge >= 0.3 is 0 Å². The monoisotopic (exact) mass is 299 g/mol. The number of hydrogen-bond donors (Lipinski definition) is 0. The number of ether oxygens (including phenoxy) is 2. The van der Waals surface area contributed by atoms with E-state index < -0.39 is 0 Å². The van der Waals surface area contributed by atoms with Gasteiger partial charge < -0.3 is 14.4 Å². The van der Waals surface area contributed by atoms with Crippen molar-refractivity contribution in [1.82, 2.24) is 4.90 Å². The Balaban J connectivity index is 2.12. The largest absolute Gasteiger partial charge is 0.493 e. The third-order valence-corrected chi connectivity index (χ3v) is 3.51. The van der Waals surface area contributed by atoms with Crippen molar-refractivity contribution < 1.29 is 14.3 Å². The van der Waals surface area contributed by atoms with Gasteiger partial charge in [0.05, 0.1) is 14.2 Å². The molecule has 2 aromatic rings. The molecule has 4 nitrogen and oxygen atoms in total. The molecule has 0 fully saturated rings. The van der Waals surface area contributed by atoms with E-state index in [0.29, 0.717) is 23.6 Å². The Kier molecular flexibility index (Phi) is 5.04. The molecule has 0 heterocycles. The average molecular weight is 299 g/mol. The molecule has 0 aromatic heterocycles. The lowest BCUT2D eigenvalue weighted by Crippen LogP contribution is -2.26. The number of aryl methyl sites for hydroxylation is 1. The molecular formula is C18H21NO3. The normalized spacial score (nSPS) is 10.2. The first-order valence-corrected chi connectivity index (χ1v) is 7.08. The number of carbonyl (C=O) groups is 1. The Labute approximate surface area is 131 Å². The number of carbonyl (C=O) groups excluding carboxylic acids is 1. The summed E-state index contributed by atoms with van der Waals surface area (Å²) in [5.74, 6) is 1.34. The second-order valence-corrected chi connectivity index (χ2v) is 5.22. The van der Waals surface area contributed by atoms with Crippen molar-refractivity contribution >= 4 is 5.91 Å². The van der Waals surface area contributed by atoms with Crippen LogP contribution in [0.3, 0.4) is 0 Å². The zero-order valence-electron chi connectivity index (χ0n) is 13.4. The summed E-state index contributed by atoms with van der Waals surface area (Å²) in [5, 5.41) is 0. The second kappa shape index (κ2) is 6.98. The maximum Gasteiger partial charge on any atom is 0.253 e. The second-order valence-electron chi connectivity index (χ2n) is 5.22. The van der Waals surface area contributed by atoms with E-state index in [0.717, 1.165) is 11.1 Å². The van der Waals surface area contributed by atoms with Crippen LogP contribution in [-0.2, 0) is 6.54 Å². The summed E-state index contributed by atoms with van der Waals surface area (Å²) >= 11 is 0. The molecular weight excluding hydrogens is 278 g/mol. The highest BCUT2D eigenvalue weighted by Crippen LogP contribution is 2.28. The Morgan fingerprint density at radius 3 is 2.23 bits per heavy atom. The van der Waals surface area contributed by atoms with Crippen LogP contribution in [0.15, 0.2) is 42.5 Å². The van der Waals surface area contributed by atoms with E-state index in [4.69, 9.17) is 9.47 Å². The van der Waals surface area contributed by atoms with Crippen LogP contribution >= 0.6 is 0 Å². The maximum atomic E-state index is 12.4. The maximum absolute atomic E-state index is 12.4. The van der Waals surface area contributed by atoms with E-state index in [1.165, 1.54) is 0 Å². The fraction of sp³-hybridized carbons (Fsp3) is 0.278. The van der Waals surface area contributed by atoms with Gasteiger partial charge in [-0.2, -0.15) is 0 Å². The SMILES string of the molecule is COc1ccc(CN(C)C(=O)c2ccc(C)cc2)cc1OC. The van der Waals surface area contributed by atoms with Gasteiger partial charge in [0.1, 0.15) is 0 Å². The van der Waals surface area contributed by atoms with E-state index in [2.05, 4.69) is 0 Å². The number of amides is 1. The summed E-state index contributed by atoms with van der Waals surface area (Å²) in [6.07, 6.45) is 0. The molecule has 0 aliphatic heterocycles. The first kappa shape index (κ1) is 15.9. The summed E-state index contributed by atoms with van der Waals surface area (Å²) in [6, 6.07) is 13.2. The number of rotatable bonds is 5. The summed E-state index contributed by atoms with van der Waals surface area (Å²) in [6.45, 7) is 2.51. The van der Waals surface area contributed by atoms with Crippen molar-refractivity contribution in [3.63, 3.8) is 0 Å². The summed E-state index contributed by atoms with van der Waals surface area (Å²) in [5.41, 5.74) is 2.81. The highest BCUT2D eigenvalue weighted by molar-refractivity contribution is 5.94. The van der Waals surface area contributed by atoms with E-state index in [1.54, 1.807) is 26.2 Å². The average Bonchev–Trinajstić information content (AvgIpc) is 2.54. The minimum atomic E-state index is -0.00483. The molecule has 2 aromatic carbocycles. The van der Waals surface area contributed by atoms with E-state index in [-0.39, 0.29) is 5.91 Å². The van der Waals surface area contributed by atoms with E-state index in [1.807, 2.05) is 49.4 Å². The fourth-order valence-electron chi connectivity index (χ4n) is 2.24. The quantitative estimate of drug-likeness (QED) is 0.850. The first-order chi connectivity index (χ1) is 10.5. The number of hydrogen-bond acceptors (Lipinski definition) is 3. The molecule has 0 aliphatic carbocycles. The Morgan fingerprint density at radius 1 is 1.00 bits per heavy atom. The molecule has 0 saturated heterocycles. The van der Waals surface area contributed by atoms with Gasteiger partial charge in [0, 0.05) is 19.2 Å². The zero-order chi connectivity index (χ0) is 16.1. The molecule has 116 valence electrons. The smallest absolute Gasteiger partial charge is 0.253 e. The lowest BCUT2D eigenvalue weighted by molar-refractivity contribution is 0.0785. The van der Waals surface area contributed by atoms with Gasteiger partial charge in [-0.1, -0.05) is 23.8 Å². The Hall–Kier alpha value is -2.49. The molecule has 0 radical (unpaired) electrons. The molecule has 0 aliphatic rings. The molecule has 0 unspecified atom stereocenters. The summed E-state index contributed by atoms with van der Waals surface area (Å²) in [4.78, 5) is 14.1. The van der Waals surface area contributed by atoms with Crippen LogP contribution in [-0.4, -0.2) is 32.1 Å². The lowest BCUT2D eigenvalue weighted by atomic mass is 10.1. The molecule has 2 rings (SSSR count). The number of methoxy groups -OCH3 is 2. The molecule has 0 bridgehead atoms. The molecule has 4 heteroatoms. The molecule has 0 saturated carbocycles. The van der Waals surface area contributed by atoms with Gasteiger partial charge in [-0.25, -0.2) is 0 Å². The minimum Gasteiger partial charge on any atom is -0.493 e. The van der Waals surface area contributed by atoms with Crippen LogP contribution in [0.5, 0.6) is 11.5 Å². The highest BCUT2D eigenvalue weighted by atomic mass is 16.5. The van der Waals surface area contributed by atoms with Crippen LogP contribution in [0.4, 0.5) is 0 Å². The first-order valence-electron chi connectivity index (χ1n) is 7.08. The van der Waals surface area contributed by atoms with Crippen molar-refractivity contribution in [2.75, 3.05) is 21.3 Å². The van der Waals surface area contributed by atoms with Gasteiger partial charge in [-0.05, 0) is 36.8 Å².